The van der Waals surface area contributed by atoms with Crippen LogP contribution >= 0.6 is 0 Å². The second-order valence-corrected chi connectivity index (χ2v) is 3.66. The van der Waals surface area contributed by atoms with E-state index in [9.17, 15) is 0 Å². The molecular formula is C11H14O3. The first kappa shape index (κ1) is 9.34. The average Bonchev–Trinajstić information content (AvgIpc) is 2.64. The van der Waals surface area contributed by atoms with E-state index >= 15 is 0 Å². The minimum atomic E-state index is 0.142. The SMILES string of the molecule is Cc1cc(C(C)CO)cc2c1OCO2. The Balaban J connectivity index is 2.41. The van der Waals surface area contributed by atoms with E-state index in [2.05, 4.69) is 0 Å². The Morgan fingerprint density at radius 1 is 1.43 bits per heavy atom. The average molecular weight is 194 g/mol. The number of ether oxygens (including phenoxy) is 2. The minimum Gasteiger partial charge on any atom is -0.454 e. The summed E-state index contributed by atoms with van der Waals surface area (Å²) in [4.78, 5) is 0. The van der Waals surface area contributed by atoms with Crippen LogP contribution in [-0.2, 0) is 0 Å². The molecular weight excluding hydrogens is 180 g/mol. The van der Waals surface area contributed by atoms with Gasteiger partial charge in [-0.05, 0) is 24.1 Å². The van der Waals surface area contributed by atoms with Crippen LogP contribution in [0, 0.1) is 6.92 Å². The normalized spacial score (nSPS) is 15.6. The molecule has 1 aromatic rings. The van der Waals surface area contributed by atoms with Crippen LogP contribution in [0.5, 0.6) is 11.5 Å². The molecule has 0 spiro atoms. The van der Waals surface area contributed by atoms with Crippen molar-refractivity contribution in [2.45, 2.75) is 19.8 Å². The largest absolute Gasteiger partial charge is 0.454 e. The molecule has 0 saturated heterocycles. The predicted octanol–water partition coefficient (Wildman–Crippen LogP) is 1.82. The molecule has 0 saturated carbocycles. The molecule has 0 aliphatic carbocycles. The van der Waals surface area contributed by atoms with Gasteiger partial charge in [-0.1, -0.05) is 13.0 Å². The summed E-state index contributed by atoms with van der Waals surface area (Å²) in [7, 11) is 0. The van der Waals surface area contributed by atoms with Gasteiger partial charge in [-0.2, -0.15) is 0 Å². The van der Waals surface area contributed by atoms with E-state index in [4.69, 9.17) is 14.6 Å². The summed E-state index contributed by atoms with van der Waals surface area (Å²) in [5.74, 6) is 1.77. The topological polar surface area (TPSA) is 38.7 Å². The second-order valence-electron chi connectivity index (χ2n) is 3.66. The first-order valence-corrected chi connectivity index (χ1v) is 4.73. The first-order chi connectivity index (χ1) is 6.72. The van der Waals surface area contributed by atoms with Crippen molar-refractivity contribution in [1.29, 1.82) is 0 Å². The lowest BCUT2D eigenvalue weighted by Gasteiger charge is -2.10. The molecule has 1 aliphatic rings. The van der Waals surface area contributed by atoms with Gasteiger partial charge in [-0.15, -0.1) is 0 Å². The Bertz CT molecular complexity index is 347. The van der Waals surface area contributed by atoms with E-state index in [0.717, 1.165) is 22.6 Å². The quantitative estimate of drug-likeness (QED) is 0.780. The lowest BCUT2D eigenvalue weighted by Crippen LogP contribution is -1.99. The molecule has 1 atom stereocenters. The number of hydrogen-bond acceptors (Lipinski definition) is 3. The molecule has 1 aromatic carbocycles. The zero-order valence-corrected chi connectivity index (χ0v) is 8.41. The van der Waals surface area contributed by atoms with Crippen molar-refractivity contribution in [2.75, 3.05) is 13.4 Å². The molecule has 76 valence electrons. The monoisotopic (exact) mass is 194 g/mol. The molecule has 2 rings (SSSR count). The molecule has 1 unspecified atom stereocenters. The van der Waals surface area contributed by atoms with Crippen LogP contribution in [0.2, 0.25) is 0 Å². The number of hydrogen-bond donors (Lipinski definition) is 1. The van der Waals surface area contributed by atoms with Crippen molar-refractivity contribution < 1.29 is 14.6 Å². The highest BCUT2D eigenvalue weighted by molar-refractivity contribution is 5.50. The van der Waals surface area contributed by atoms with E-state index in [-0.39, 0.29) is 12.5 Å². The van der Waals surface area contributed by atoms with Crippen molar-refractivity contribution in [1.82, 2.24) is 0 Å². The summed E-state index contributed by atoms with van der Waals surface area (Å²) in [5.41, 5.74) is 2.16. The molecule has 14 heavy (non-hydrogen) atoms. The fourth-order valence-corrected chi connectivity index (χ4v) is 1.60. The maximum absolute atomic E-state index is 9.06. The van der Waals surface area contributed by atoms with E-state index < -0.39 is 0 Å². The molecule has 0 bridgehead atoms. The molecule has 0 radical (unpaired) electrons. The number of benzene rings is 1. The maximum Gasteiger partial charge on any atom is 0.231 e. The van der Waals surface area contributed by atoms with Crippen molar-refractivity contribution in [2.24, 2.45) is 0 Å². The van der Waals surface area contributed by atoms with E-state index in [1.165, 1.54) is 0 Å². The summed E-state index contributed by atoms with van der Waals surface area (Å²) in [6, 6.07) is 3.98. The Morgan fingerprint density at radius 2 is 2.21 bits per heavy atom. The highest BCUT2D eigenvalue weighted by Crippen LogP contribution is 2.37. The van der Waals surface area contributed by atoms with Crippen LogP contribution in [0.1, 0.15) is 24.0 Å². The minimum absolute atomic E-state index is 0.142. The molecule has 0 amide bonds. The van der Waals surface area contributed by atoms with Crippen molar-refractivity contribution in [3.05, 3.63) is 23.3 Å². The third kappa shape index (κ3) is 1.44. The van der Waals surface area contributed by atoms with E-state index in [1.54, 1.807) is 0 Å². The lowest BCUT2D eigenvalue weighted by atomic mass is 9.99. The van der Waals surface area contributed by atoms with Gasteiger partial charge in [0.2, 0.25) is 6.79 Å². The number of fused-ring (bicyclic) bond motifs is 1. The van der Waals surface area contributed by atoms with E-state index in [0.29, 0.717) is 6.79 Å². The zero-order valence-electron chi connectivity index (χ0n) is 8.41. The van der Waals surface area contributed by atoms with Crippen LogP contribution in [0.25, 0.3) is 0 Å². The molecule has 0 fully saturated rings. The second kappa shape index (κ2) is 3.50. The molecule has 3 nitrogen and oxygen atoms in total. The van der Waals surface area contributed by atoms with Gasteiger partial charge in [-0.3, -0.25) is 0 Å². The van der Waals surface area contributed by atoms with Crippen LogP contribution in [-0.4, -0.2) is 18.5 Å². The Labute approximate surface area is 83.3 Å². The van der Waals surface area contributed by atoms with Gasteiger partial charge < -0.3 is 14.6 Å². The molecule has 1 aliphatic heterocycles. The van der Waals surface area contributed by atoms with Crippen molar-refractivity contribution >= 4 is 0 Å². The van der Waals surface area contributed by atoms with Gasteiger partial charge >= 0.3 is 0 Å². The van der Waals surface area contributed by atoms with E-state index in [1.807, 2.05) is 26.0 Å². The summed E-state index contributed by atoms with van der Waals surface area (Å²) in [6.07, 6.45) is 0. The fraction of sp³-hybridized carbons (Fsp3) is 0.455. The van der Waals surface area contributed by atoms with Gasteiger partial charge in [0.05, 0.1) is 0 Å². The standard InChI is InChI=1S/C11H14O3/c1-7-3-9(8(2)5-12)4-10-11(7)14-6-13-10/h3-4,8,12H,5-6H2,1-2H3. The number of rotatable bonds is 2. The molecule has 0 aromatic heterocycles. The van der Waals surface area contributed by atoms with Gasteiger partial charge in [0, 0.05) is 12.5 Å². The summed E-state index contributed by atoms with van der Waals surface area (Å²) < 4.78 is 10.6. The highest BCUT2D eigenvalue weighted by atomic mass is 16.7. The Kier molecular flexibility index (Phi) is 2.33. The lowest BCUT2D eigenvalue weighted by molar-refractivity contribution is 0.173. The molecule has 1 N–H and O–H groups in total. The summed E-state index contributed by atoms with van der Waals surface area (Å²) >= 11 is 0. The number of aliphatic hydroxyl groups is 1. The van der Waals surface area contributed by atoms with Gasteiger partial charge in [0.1, 0.15) is 0 Å². The van der Waals surface area contributed by atoms with Crippen LogP contribution in [0.4, 0.5) is 0 Å². The van der Waals surface area contributed by atoms with Crippen LogP contribution in [0.15, 0.2) is 12.1 Å². The third-order valence-electron chi connectivity index (χ3n) is 2.52. The van der Waals surface area contributed by atoms with Crippen LogP contribution < -0.4 is 9.47 Å². The molecule has 1 heterocycles. The van der Waals surface area contributed by atoms with Gasteiger partial charge in [0.15, 0.2) is 11.5 Å². The highest BCUT2D eigenvalue weighted by Gasteiger charge is 2.18. The maximum atomic E-state index is 9.06. The Morgan fingerprint density at radius 3 is 2.93 bits per heavy atom. The Hall–Kier alpha value is -1.22. The number of aryl methyl sites for hydroxylation is 1. The van der Waals surface area contributed by atoms with Gasteiger partial charge in [0.25, 0.3) is 0 Å². The first-order valence-electron chi connectivity index (χ1n) is 4.73. The van der Waals surface area contributed by atoms with Gasteiger partial charge in [-0.25, -0.2) is 0 Å². The van der Waals surface area contributed by atoms with Crippen molar-refractivity contribution in [3.8, 4) is 11.5 Å². The van der Waals surface area contributed by atoms with Crippen molar-refractivity contribution in [3.63, 3.8) is 0 Å². The summed E-state index contributed by atoms with van der Waals surface area (Å²) in [6.45, 7) is 4.42. The smallest absolute Gasteiger partial charge is 0.231 e. The number of aliphatic hydroxyl groups excluding tert-OH is 1. The predicted molar refractivity (Wildman–Crippen MR) is 52.8 cm³/mol. The summed E-state index contributed by atoms with van der Waals surface area (Å²) in [5, 5.41) is 9.06. The molecule has 3 heteroatoms. The zero-order chi connectivity index (χ0) is 10.1. The van der Waals surface area contributed by atoms with Crippen LogP contribution in [0.3, 0.4) is 0 Å². The fourth-order valence-electron chi connectivity index (χ4n) is 1.60. The third-order valence-corrected chi connectivity index (χ3v) is 2.52.